The molecule has 0 fully saturated rings. The molecule has 0 spiro atoms. The average Bonchev–Trinajstić information content (AvgIpc) is 3.24. The van der Waals surface area contributed by atoms with E-state index in [0.717, 1.165) is 42.6 Å². The Morgan fingerprint density at radius 2 is 2.17 bits per heavy atom. The number of nitrogens with one attached hydrogen (secondary N) is 1. The Labute approximate surface area is 145 Å². The molecule has 3 aromatic rings. The molecule has 24 heavy (non-hydrogen) atoms. The predicted molar refractivity (Wildman–Crippen MR) is 95.8 cm³/mol. The van der Waals surface area contributed by atoms with Crippen molar-refractivity contribution >= 4 is 11.3 Å². The molecule has 0 radical (unpaired) electrons. The summed E-state index contributed by atoms with van der Waals surface area (Å²) in [6.07, 6.45) is 4.05. The standard InChI is InChI=1S/C18H21N5S/c1-13-2-5-15(6-3-13)18-21-16(11-24-18)9-19-8-14-4-7-17-22-20-12-23(17)10-14/h2-3,5-6,11-12,14,19H,4,7-10H2,1H3/t14-/m1/s1. The number of benzene rings is 1. The van der Waals surface area contributed by atoms with Crippen molar-refractivity contribution in [3.8, 4) is 10.6 Å². The third-order valence-corrected chi connectivity index (χ3v) is 5.46. The summed E-state index contributed by atoms with van der Waals surface area (Å²) in [5.41, 5.74) is 3.60. The first kappa shape index (κ1) is 15.5. The fourth-order valence-corrected chi connectivity index (χ4v) is 3.94. The minimum Gasteiger partial charge on any atom is -0.317 e. The highest BCUT2D eigenvalue weighted by atomic mass is 32.1. The maximum atomic E-state index is 4.75. The Morgan fingerprint density at radius 3 is 3.04 bits per heavy atom. The predicted octanol–water partition coefficient (Wildman–Crippen LogP) is 3.06. The van der Waals surface area contributed by atoms with Crippen LogP contribution in [-0.4, -0.2) is 26.3 Å². The van der Waals surface area contributed by atoms with Crippen LogP contribution in [-0.2, 0) is 19.5 Å². The van der Waals surface area contributed by atoms with Gasteiger partial charge >= 0.3 is 0 Å². The minimum absolute atomic E-state index is 0.642. The molecule has 4 rings (SSSR count). The van der Waals surface area contributed by atoms with E-state index < -0.39 is 0 Å². The second-order valence-electron chi connectivity index (χ2n) is 6.45. The van der Waals surface area contributed by atoms with E-state index in [1.54, 1.807) is 11.3 Å². The van der Waals surface area contributed by atoms with Crippen LogP contribution >= 0.6 is 11.3 Å². The highest BCUT2D eigenvalue weighted by Crippen LogP contribution is 2.24. The number of hydrogen-bond donors (Lipinski definition) is 1. The Kier molecular flexibility index (Phi) is 4.40. The highest BCUT2D eigenvalue weighted by Gasteiger charge is 2.19. The number of aryl methyl sites for hydroxylation is 2. The van der Waals surface area contributed by atoms with E-state index in [9.17, 15) is 0 Å². The van der Waals surface area contributed by atoms with Crippen LogP contribution in [0.25, 0.3) is 10.6 Å². The molecule has 1 N–H and O–H groups in total. The van der Waals surface area contributed by atoms with Crippen molar-refractivity contribution in [3.05, 3.63) is 53.1 Å². The number of thiazole rings is 1. The zero-order chi connectivity index (χ0) is 16.4. The van der Waals surface area contributed by atoms with E-state index in [-0.39, 0.29) is 0 Å². The van der Waals surface area contributed by atoms with Crippen molar-refractivity contribution in [1.29, 1.82) is 0 Å². The summed E-state index contributed by atoms with van der Waals surface area (Å²) in [6, 6.07) is 8.56. The van der Waals surface area contributed by atoms with Crippen LogP contribution in [0.2, 0.25) is 0 Å². The van der Waals surface area contributed by atoms with Crippen molar-refractivity contribution in [2.75, 3.05) is 6.54 Å². The maximum Gasteiger partial charge on any atom is 0.132 e. The maximum absolute atomic E-state index is 4.75. The molecule has 1 atom stereocenters. The smallest absolute Gasteiger partial charge is 0.132 e. The van der Waals surface area contributed by atoms with Gasteiger partial charge < -0.3 is 9.88 Å². The average molecular weight is 339 g/mol. The lowest BCUT2D eigenvalue weighted by molar-refractivity contribution is 0.347. The Bertz CT molecular complexity index is 805. The van der Waals surface area contributed by atoms with Crippen LogP contribution in [0.1, 0.15) is 23.5 Å². The third kappa shape index (κ3) is 3.39. The van der Waals surface area contributed by atoms with E-state index in [1.807, 2.05) is 6.33 Å². The van der Waals surface area contributed by atoms with E-state index in [0.29, 0.717) is 5.92 Å². The first-order valence-electron chi connectivity index (χ1n) is 8.37. The minimum atomic E-state index is 0.642. The van der Waals surface area contributed by atoms with E-state index >= 15 is 0 Å². The second kappa shape index (κ2) is 6.83. The summed E-state index contributed by atoms with van der Waals surface area (Å²) in [5, 5.41) is 14.9. The van der Waals surface area contributed by atoms with E-state index in [1.165, 1.54) is 17.5 Å². The summed E-state index contributed by atoms with van der Waals surface area (Å²) >= 11 is 1.71. The van der Waals surface area contributed by atoms with Crippen LogP contribution < -0.4 is 5.32 Å². The number of hydrogen-bond acceptors (Lipinski definition) is 5. The molecule has 1 aromatic carbocycles. The van der Waals surface area contributed by atoms with Crippen molar-refractivity contribution < 1.29 is 0 Å². The lowest BCUT2D eigenvalue weighted by Crippen LogP contribution is -2.29. The highest BCUT2D eigenvalue weighted by molar-refractivity contribution is 7.13. The van der Waals surface area contributed by atoms with Crippen molar-refractivity contribution in [2.45, 2.75) is 32.9 Å². The van der Waals surface area contributed by atoms with Gasteiger partial charge in [-0.25, -0.2) is 4.98 Å². The molecule has 3 heterocycles. The summed E-state index contributed by atoms with van der Waals surface area (Å²) in [7, 11) is 0. The molecule has 1 aliphatic rings. The van der Waals surface area contributed by atoms with Gasteiger partial charge in [0.2, 0.25) is 0 Å². The van der Waals surface area contributed by atoms with E-state index in [4.69, 9.17) is 4.98 Å². The third-order valence-electron chi connectivity index (χ3n) is 4.52. The monoisotopic (exact) mass is 339 g/mol. The molecular weight excluding hydrogens is 318 g/mol. The molecule has 1 aliphatic heterocycles. The molecule has 124 valence electrons. The molecule has 0 saturated carbocycles. The molecule has 0 saturated heterocycles. The van der Waals surface area contributed by atoms with Gasteiger partial charge in [0, 0.05) is 37.0 Å². The molecule has 2 aromatic heterocycles. The van der Waals surface area contributed by atoms with Gasteiger partial charge in [-0.05, 0) is 19.3 Å². The Hall–Kier alpha value is -2.05. The number of nitrogens with zero attached hydrogens (tertiary/aromatic N) is 4. The zero-order valence-electron chi connectivity index (χ0n) is 13.8. The van der Waals surface area contributed by atoms with E-state index in [2.05, 4.69) is 56.7 Å². The molecular formula is C18H21N5S. The summed E-state index contributed by atoms with van der Waals surface area (Å²) in [5.74, 6) is 1.76. The molecule has 0 bridgehead atoms. The quantitative estimate of drug-likeness (QED) is 0.776. The van der Waals surface area contributed by atoms with Gasteiger partial charge in [0.1, 0.15) is 17.2 Å². The molecule has 0 aliphatic carbocycles. The van der Waals surface area contributed by atoms with Crippen LogP contribution in [0.15, 0.2) is 36.0 Å². The van der Waals surface area contributed by atoms with Gasteiger partial charge in [0.25, 0.3) is 0 Å². The van der Waals surface area contributed by atoms with Crippen molar-refractivity contribution in [1.82, 2.24) is 25.1 Å². The van der Waals surface area contributed by atoms with Gasteiger partial charge in [0.15, 0.2) is 0 Å². The Balaban J connectivity index is 1.30. The van der Waals surface area contributed by atoms with Crippen molar-refractivity contribution in [2.24, 2.45) is 5.92 Å². The topological polar surface area (TPSA) is 55.6 Å². The summed E-state index contributed by atoms with van der Waals surface area (Å²) < 4.78 is 2.17. The zero-order valence-corrected chi connectivity index (χ0v) is 14.6. The number of fused-ring (bicyclic) bond motifs is 1. The number of rotatable bonds is 5. The van der Waals surface area contributed by atoms with Gasteiger partial charge in [-0.2, -0.15) is 0 Å². The normalized spacial score (nSPS) is 17.0. The second-order valence-corrected chi connectivity index (χ2v) is 7.30. The van der Waals surface area contributed by atoms with Crippen LogP contribution in [0, 0.1) is 12.8 Å². The van der Waals surface area contributed by atoms with Crippen LogP contribution in [0.5, 0.6) is 0 Å². The lowest BCUT2D eigenvalue weighted by Gasteiger charge is -2.23. The molecule has 0 amide bonds. The van der Waals surface area contributed by atoms with Crippen LogP contribution in [0.4, 0.5) is 0 Å². The lowest BCUT2D eigenvalue weighted by atomic mass is 9.99. The first-order valence-corrected chi connectivity index (χ1v) is 9.25. The fourth-order valence-electron chi connectivity index (χ4n) is 3.12. The van der Waals surface area contributed by atoms with Gasteiger partial charge in [-0.3, -0.25) is 0 Å². The summed E-state index contributed by atoms with van der Waals surface area (Å²) in [6.45, 7) is 4.96. The van der Waals surface area contributed by atoms with Gasteiger partial charge in [-0.1, -0.05) is 29.8 Å². The Morgan fingerprint density at radius 1 is 1.29 bits per heavy atom. The molecule has 0 unspecified atom stereocenters. The number of aromatic nitrogens is 4. The van der Waals surface area contributed by atoms with Gasteiger partial charge in [0.05, 0.1) is 5.69 Å². The van der Waals surface area contributed by atoms with Crippen molar-refractivity contribution in [3.63, 3.8) is 0 Å². The molecule has 6 heteroatoms. The van der Waals surface area contributed by atoms with Crippen LogP contribution in [0.3, 0.4) is 0 Å². The largest absolute Gasteiger partial charge is 0.317 e. The summed E-state index contributed by atoms with van der Waals surface area (Å²) in [4.78, 5) is 4.75. The molecule has 5 nitrogen and oxygen atoms in total. The SMILES string of the molecule is Cc1ccc(-c2nc(CNC[C@H]3CCc4nncn4C3)cs2)cc1. The van der Waals surface area contributed by atoms with Gasteiger partial charge in [-0.15, -0.1) is 21.5 Å². The fraction of sp³-hybridized carbons (Fsp3) is 0.389. The first-order chi connectivity index (χ1) is 11.8.